The van der Waals surface area contributed by atoms with Gasteiger partial charge in [0, 0.05) is 19.2 Å². The van der Waals surface area contributed by atoms with E-state index in [1.54, 1.807) is 0 Å². The van der Waals surface area contributed by atoms with Crippen LogP contribution in [0.1, 0.15) is 46.5 Å². The van der Waals surface area contributed by atoms with Crippen LogP contribution in [-0.4, -0.2) is 17.9 Å². The van der Waals surface area contributed by atoms with E-state index in [1.165, 1.54) is 11.1 Å². The summed E-state index contributed by atoms with van der Waals surface area (Å²) >= 11 is 0. The van der Waals surface area contributed by atoms with Crippen molar-refractivity contribution >= 4 is 5.91 Å². The summed E-state index contributed by atoms with van der Waals surface area (Å²) in [6, 6.07) is 0. The monoisotopic (exact) mass is 207 g/mol. The number of rotatable bonds is 2. The zero-order valence-corrected chi connectivity index (χ0v) is 10.3. The summed E-state index contributed by atoms with van der Waals surface area (Å²) in [6.07, 6.45) is 5.89. The third-order valence-electron chi connectivity index (χ3n) is 3.06. The van der Waals surface area contributed by atoms with Gasteiger partial charge in [0.15, 0.2) is 0 Å². The molecule has 0 aliphatic carbocycles. The lowest BCUT2D eigenvalue weighted by atomic mass is 10.1. The number of likely N-dealkylation sites (N-methyl/N-ethyl adjacent to an activating group) is 1. The Morgan fingerprint density at radius 3 is 2.73 bits per heavy atom. The minimum atomic E-state index is 0.238. The van der Waals surface area contributed by atoms with E-state index in [0.29, 0.717) is 6.42 Å². The molecule has 0 saturated carbocycles. The maximum absolute atomic E-state index is 11.7. The molecular formula is C13H21NO. The summed E-state index contributed by atoms with van der Waals surface area (Å²) in [5.74, 6) is 0.238. The van der Waals surface area contributed by atoms with Crippen LogP contribution >= 0.6 is 0 Å². The molecule has 0 saturated heterocycles. The van der Waals surface area contributed by atoms with Crippen LogP contribution in [-0.2, 0) is 4.79 Å². The summed E-state index contributed by atoms with van der Waals surface area (Å²) in [5.41, 5.74) is 3.76. The predicted octanol–water partition coefficient (Wildman–Crippen LogP) is 3.26. The fraction of sp³-hybridized carbons (Fsp3) is 0.615. The molecule has 0 aromatic heterocycles. The Morgan fingerprint density at radius 1 is 1.47 bits per heavy atom. The lowest BCUT2D eigenvalue weighted by Crippen LogP contribution is -2.24. The average Bonchev–Trinajstić information content (AvgIpc) is 2.33. The molecule has 2 heteroatoms. The summed E-state index contributed by atoms with van der Waals surface area (Å²) in [5, 5.41) is 0. The number of hydrogen-bond acceptors (Lipinski definition) is 1. The lowest BCUT2D eigenvalue weighted by molar-refractivity contribution is -0.127. The number of carbonyl (C=O) groups excluding carboxylic acids is 1. The lowest BCUT2D eigenvalue weighted by Gasteiger charge is -2.18. The molecule has 0 aromatic carbocycles. The van der Waals surface area contributed by atoms with E-state index < -0.39 is 0 Å². The van der Waals surface area contributed by atoms with Crippen molar-refractivity contribution in [2.24, 2.45) is 0 Å². The molecule has 1 aliphatic heterocycles. The van der Waals surface area contributed by atoms with Crippen molar-refractivity contribution in [2.75, 3.05) is 7.05 Å². The predicted molar refractivity (Wildman–Crippen MR) is 63.4 cm³/mol. The van der Waals surface area contributed by atoms with Gasteiger partial charge in [0.2, 0.25) is 5.91 Å². The molecule has 0 fully saturated rings. The second kappa shape index (κ2) is 5.15. The van der Waals surface area contributed by atoms with Crippen molar-refractivity contribution in [1.29, 1.82) is 0 Å². The van der Waals surface area contributed by atoms with E-state index in [4.69, 9.17) is 0 Å². The van der Waals surface area contributed by atoms with Gasteiger partial charge in [-0.3, -0.25) is 4.79 Å². The molecule has 1 aliphatic rings. The van der Waals surface area contributed by atoms with Crippen molar-refractivity contribution in [3.8, 4) is 0 Å². The molecule has 0 unspecified atom stereocenters. The number of allylic oxidation sites excluding steroid dienone is 3. The van der Waals surface area contributed by atoms with Crippen molar-refractivity contribution < 1.29 is 4.79 Å². The first-order valence-corrected chi connectivity index (χ1v) is 5.69. The van der Waals surface area contributed by atoms with Crippen LogP contribution < -0.4 is 0 Å². The number of hydrogen-bond donors (Lipinski definition) is 0. The van der Waals surface area contributed by atoms with E-state index in [2.05, 4.69) is 26.8 Å². The van der Waals surface area contributed by atoms with Gasteiger partial charge < -0.3 is 4.90 Å². The van der Waals surface area contributed by atoms with E-state index in [0.717, 1.165) is 25.0 Å². The standard InChI is InChI=1S/C13H21NO/c1-5-10(2)9-12-11(3)7-6-8-13(15)14(12)4/h9H,5-8H2,1-4H3/b10-9+. The van der Waals surface area contributed by atoms with Gasteiger partial charge in [0.1, 0.15) is 0 Å². The third kappa shape index (κ3) is 2.95. The first kappa shape index (κ1) is 12.0. The maximum Gasteiger partial charge on any atom is 0.226 e. The van der Waals surface area contributed by atoms with Gasteiger partial charge in [0.05, 0.1) is 0 Å². The minimum absolute atomic E-state index is 0.238. The van der Waals surface area contributed by atoms with Gasteiger partial charge in [0.25, 0.3) is 0 Å². The van der Waals surface area contributed by atoms with Gasteiger partial charge in [-0.25, -0.2) is 0 Å². The molecule has 84 valence electrons. The SMILES string of the molecule is CC/C(C)=C/C1=C(C)CCCC(=O)N1C. The van der Waals surface area contributed by atoms with Gasteiger partial charge in [-0.15, -0.1) is 0 Å². The van der Waals surface area contributed by atoms with Crippen molar-refractivity contribution in [3.05, 3.63) is 22.9 Å². The number of amides is 1. The third-order valence-corrected chi connectivity index (χ3v) is 3.06. The highest BCUT2D eigenvalue weighted by atomic mass is 16.2. The van der Waals surface area contributed by atoms with Gasteiger partial charge in [-0.2, -0.15) is 0 Å². The molecule has 0 N–H and O–H groups in total. The van der Waals surface area contributed by atoms with Gasteiger partial charge in [-0.05, 0) is 44.8 Å². The van der Waals surface area contributed by atoms with Crippen molar-refractivity contribution in [3.63, 3.8) is 0 Å². The molecule has 1 amide bonds. The van der Waals surface area contributed by atoms with Crippen LogP contribution in [0.15, 0.2) is 22.9 Å². The largest absolute Gasteiger partial charge is 0.316 e. The molecule has 2 nitrogen and oxygen atoms in total. The number of carbonyl (C=O) groups is 1. The zero-order valence-electron chi connectivity index (χ0n) is 10.3. The highest BCUT2D eigenvalue weighted by Crippen LogP contribution is 2.23. The Balaban J connectivity index is 3.02. The molecule has 0 radical (unpaired) electrons. The smallest absolute Gasteiger partial charge is 0.226 e. The van der Waals surface area contributed by atoms with E-state index in [-0.39, 0.29) is 5.91 Å². The van der Waals surface area contributed by atoms with Crippen LogP contribution in [0, 0.1) is 0 Å². The summed E-state index contributed by atoms with van der Waals surface area (Å²) in [6.45, 7) is 6.38. The normalized spacial score (nSPS) is 19.6. The van der Waals surface area contributed by atoms with Crippen molar-refractivity contribution in [1.82, 2.24) is 4.90 Å². The number of nitrogens with zero attached hydrogens (tertiary/aromatic N) is 1. The molecule has 15 heavy (non-hydrogen) atoms. The fourth-order valence-corrected chi connectivity index (χ4v) is 1.78. The molecule has 1 rings (SSSR count). The van der Waals surface area contributed by atoms with Crippen LogP contribution in [0.3, 0.4) is 0 Å². The second-order valence-electron chi connectivity index (χ2n) is 4.32. The second-order valence-corrected chi connectivity index (χ2v) is 4.32. The highest BCUT2D eigenvalue weighted by molar-refractivity contribution is 5.79. The Morgan fingerprint density at radius 2 is 2.13 bits per heavy atom. The minimum Gasteiger partial charge on any atom is -0.316 e. The van der Waals surface area contributed by atoms with Gasteiger partial charge in [-0.1, -0.05) is 12.5 Å². The van der Waals surface area contributed by atoms with Crippen LogP contribution in [0.2, 0.25) is 0 Å². The molecule has 0 bridgehead atoms. The van der Waals surface area contributed by atoms with E-state index >= 15 is 0 Å². The Labute approximate surface area is 92.7 Å². The van der Waals surface area contributed by atoms with Gasteiger partial charge >= 0.3 is 0 Å². The average molecular weight is 207 g/mol. The first-order valence-electron chi connectivity index (χ1n) is 5.69. The molecule has 0 atom stereocenters. The Hall–Kier alpha value is -1.05. The highest BCUT2D eigenvalue weighted by Gasteiger charge is 2.17. The molecule has 0 spiro atoms. The summed E-state index contributed by atoms with van der Waals surface area (Å²) < 4.78 is 0. The molecule has 0 aromatic rings. The zero-order chi connectivity index (χ0) is 11.4. The maximum atomic E-state index is 11.7. The first-order chi connectivity index (χ1) is 7.06. The summed E-state index contributed by atoms with van der Waals surface area (Å²) in [4.78, 5) is 13.5. The molecule has 1 heterocycles. The van der Waals surface area contributed by atoms with E-state index in [9.17, 15) is 4.79 Å². The fourth-order valence-electron chi connectivity index (χ4n) is 1.78. The Kier molecular flexibility index (Phi) is 4.13. The van der Waals surface area contributed by atoms with Crippen LogP contribution in [0.25, 0.3) is 0 Å². The summed E-state index contributed by atoms with van der Waals surface area (Å²) in [7, 11) is 1.88. The van der Waals surface area contributed by atoms with Crippen LogP contribution in [0.4, 0.5) is 0 Å². The van der Waals surface area contributed by atoms with Crippen LogP contribution in [0.5, 0.6) is 0 Å². The molecular weight excluding hydrogens is 186 g/mol. The topological polar surface area (TPSA) is 20.3 Å². The quantitative estimate of drug-likeness (QED) is 0.680. The Bertz CT molecular complexity index is 312. The van der Waals surface area contributed by atoms with Crippen molar-refractivity contribution in [2.45, 2.75) is 46.5 Å². The van der Waals surface area contributed by atoms with E-state index in [1.807, 2.05) is 11.9 Å².